The minimum absolute atomic E-state index is 0.317. The van der Waals surface area contributed by atoms with E-state index in [9.17, 15) is 0 Å². The molecule has 0 amide bonds. The van der Waals surface area contributed by atoms with Gasteiger partial charge in [0, 0.05) is 31.9 Å². The van der Waals surface area contributed by atoms with Gasteiger partial charge >= 0.3 is 0 Å². The first-order chi connectivity index (χ1) is 11.2. The van der Waals surface area contributed by atoms with Gasteiger partial charge in [0.1, 0.15) is 18.0 Å². The van der Waals surface area contributed by atoms with Gasteiger partial charge in [0.15, 0.2) is 0 Å². The Morgan fingerprint density at radius 3 is 3.09 bits per heavy atom. The molecule has 1 aliphatic heterocycles. The average molecular weight is 335 g/mol. The summed E-state index contributed by atoms with van der Waals surface area (Å²) in [6.07, 6.45) is 4.16. The van der Waals surface area contributed by atoms with Crippen LogP contribution in [0.1, 0.15) is 12.0 Å². The van der Waals surface area contributed by atoms with Crippen LogP contribution in [0.2, 0.25) is 5.02 Å². The number of nitrogens with one attached hydrogen (secondary N) is 1. The third-order valence-electron chi connectivity index (χ3n) is 3.93. The highest BCUT2D eigenvalue weighted by Gasteiger charge is 2.25. The van der Waals surface area contributed by atoms with Crippen LogP contribution in [0, 0.1) is 0 Å². The Labute approximate surface area is 139 Å². The van der Waals surface area contributed by atoms with Gasteiger partial charge in [-0.25, -0.2) is 15.0 Å². The summed E-state index contributed by atoms with van der Waals surface area (Å²) in [5.41, 5.74) is 6.69. The molecular formula is C15H19ClN6O. The van der Waals surface area contributed by atoms with Crippen molar-refractivity contribution in [3.63, 3.8) is 0 Å². The fourth-order valence-electron chi connectivity index (χ4n) is 2.73. The van der Waals surface area contributed by atoms with Crippen LogP contribution in [-0.2, 0) is 6.54 Å². The zero-order valence-corrected chi connectivity index (χ0v) is 13.6. The molecule has 0 unspecified atom stereocenters. The molecule has 23 heavy (non-hydrogen) atoms. The van der Waals surface area contributed by atoms with Crippen molar-refractivity contribution in [3.8, 4) is 5.88 Å². The van der Waals surface area contributed by atoms with E-state index in [1.165, 1.54) is 6.33 Å². The molecule has 7 nitrogen and oxygen atoms in total. The third kappa shape index (κ3) is 3.46. The molecule has 0 aromatic carbocycles. The molecule has 0 bridgehead atoms. The van der Waals surface area contributed by atoms with Crippen LogP contribution in [0.25, 0.3) is 0 Å². The first kappa shape index (κ1) is 15.8. The summed E-state index contributed by atoms with van der Waals surface area (Å²) in [5, 5.41) is 4.16. The highest BCUT2D eigenvalue weighted by Crippen LogP contribution is 2.26. The number of anilines is 2. The predicted molar refractivity (Wildman–Crippen MR) is 89.7 cm³/mol. The lowest BCUT2D eigenvalue weighted by molar-refractivity contribution is 0.388. The van der Waals surface area contributed by atoms with Gasteiger partial charge in [-0.1, -0.05) is 11.6 Å². The van der Waals surface area contributed by atoms with Crippen molar-refractivity contribution in [2.75, 3.05) is 30.8 Å². The van der Waals surface area contributed by atoms with E-state index in [0.29, 0.717) is 29.3 Å². The van der Waals surface area contributed by atoms with Crippen molar-refractivity contribution in [2.24, 2.45) is 0 Å². The van der Waals surface area contributed by atoms with Crippen LogP contribution in [0.3, 0.4) is 0 Å². The van der Waals surface area contributed by atoms with Crippen molar-refractivity contribution < 1.29 is 4.74 Å². The molecule has 3 heterocycles. The standard InChI is InChI=1S/C15H19ClN6O/c1-23-15-11(13(17)20-9-21-15)7-19-10-4-6-22(8-10)14-12(16)3-2-5-18-14/h2-3,5,9-10,19H,4,6-8H2,1H3,(H2,17,20,21)/t10-/m0/s1. The molecule has 1 saturated heterocycles. The Bertz CT molecular complexity index is 683. The molecule has 0 spiro atoms. The zero-order chi connectivity index (χ0) is 16.2. The number of ether oxygens (including phenoxy) is 1. The molecule has 2 aromatic heterocycles. The van der Waals surface area contributed by atoms with Crippen LogP contribution < -0.4 is 20.7 Å². The van der Waals surface area contributed by atoms with Crippen molar-refractivity contribution in [1.29, 1.82) is 0 Å². The van der Waals surface area contributed by atoms with E-state index in [4.69, 9.17) is 22.1 Å². The second kappa shape index (κ2) is 6.97. The minimum atomic E-state index is 0.317. The molecule has 0 saturated carbocycles. The fourth-order valence-corrected chi connectivity index (χ4v) is 2.97. The number of nitrogens with two attached hydrogens (primary N) is 1. The Hall–Kier alpha value is -2.12. The zero-order valence-electron chi connectivity index (χ0n) is 12.9. The van der Waals surface area contributed by atoms with Crippen molar-refractivity contribution in [1.82, 2.24) is 20.3 Å². The summed E-state index contributed by atoms with van der Waals surface area (Å²) in [4.78, 5) is 14.6. The van der Waals surface area contributed by atoms with Gasteiger partial charge in [-0.05, 0) is 18.6 Å². The van der Waals surface area contributed by atoms with E-state index in [-0.39, 0.29) is 0 Å². The summed E-state index contributed by atoms with van der Waals surface area (Å²) in [7, 11) is 1.58. The summed E-state index contributed by atoms with van der Waals surface area (Å²) in [5.74, 6) is 1.78. The number of hydrogen-bond donors (Lipinski definition) is 2. The highest BCUT2D eigenvalue weighted by molar-refractivity contribution is 6.32. The Morgan fingerprint density at radius 1 is 1.43 bits per heavy atom. The van der Waals surface area contributed by atoms with Crippen LogP contribution in [0.5, 0.6) is 5.88 Å². The van der Waals surface area contributed by atoms with Crippen LogP contribution in [0.4, 0.5) is 11.6 Å². The molecule has 8 heteroatoms. The summed E-state index contributed by atoms with van der Waals surface area (Å²) >= 11 is 6.21. The second-order valence-electron chi connectivity index (χ2n) is 5.37. The van der Waals surface area contributed by atoms with E-state index < -0.39 is 0 Å². The fraction of sp³-hybridized carbons (Fsp3) is 0.400. The molecule has 1 atom stereocenters. The molecule has 1 aliphatic rings. The van der Waals surface area contributed by atoms with Gasteiger partial charge in [-0.15, -0.1) is 0 Å². The number of nitrogen functional groups attached to an aromatic ring is 1. The maximum atomic E-state index is 6.21. The topological polar surface area (TPSA) is 89.2 Å². The molecule has 3 N–H and O–H groups in total. The number of aromatic nitrogens is 3. The maximum Gasteiger partial charge on any atom is 0.222 e. The number of rotatable bonds is 5. The number of nitrogens with zero attached hydrogens (tertiary/aromatic N) is 4. The van der Waals surface area contributed by atoms with Crippen molar-refractivity contribution in [3.05, 3.63) is 35.2 Å². The largest absolute Gasteiger partial charge is 0.481 e. The monoisotopic (exact) mass is 334 g/mol. The van der Waals surface area contributed by atoms with E-state index in [1.54, 1.807) is 13.3 Å². The van der Waals surface area contributed by atoms with Gasteiger partial charge < -0.3 is 20.7 Å². The average Bonchev–Trinajstić information content (AvgIpc) is 3.02. The number of halogens is 1. The Balaban J connectivity index is 1.62. The van der Waals surface area contributed by atoms with Crippen molar-refractivity contribution in [2.45, 2.75) is 19.0 Å². The summed E-state index contributed by atoms with van der Waals surface area (Å²) in [6, 6.07) is 4.01. The predicted octanol–water partition coefficient (Wildman–Crippen LogP) is 1.48. The molecule has 2 aromatic rings. The molecule has 0 aliphatic carbocycles. The normalized spacial score (nSPS) is 17.5. The first-order valence-electron chi connectivity index (χ1n) is 7.41. The lowest BCUT2D eigenvalue weighted by atomic mass is 10.2. The molecule has 1 fully saturated rings. The van der Waals surface area contributed by atoms with E-state index in [0.717, 1.165) is 30.9 Å². The summed E-state index contributed by atoms with van der Waals surface area (Å²) < 4.78 is 5.24. The van der Waals surface area contributed by atoms with Crippen molar-refractivity contribution >= 4 is 23.2 Å². The molecular weight excluding hydrogens is 316 g/mol. The van der Waals surface area contributed by atoms with E-state index >= 15 is 0 Å². The highest BCUT2D eigenvalue weighted by atomic mass is 35.5. The first-order valence-corrected chi connectivity index (χ1v) is 7.79. The third-order valence-corrected chi connectivity index (χ3v) is 4.22. The van der Waals surface area contributed by atoms with Crippen LogP contribution >= 0.6 is 11.6 Å². The smallest absolute Gasteiger partial charge is 0.222 e. The SMILES string of the molecule is COc1ncnc(N)c1CN[C@H]1CCN(c2ncccc2Cl)C1. The van der Waals surface area contributed by atoms with Gasteiger partial charge in [-0.3, -0.25) is 0 Å². The maximum absolute atomic E-state index is 6.21. The molecule has 122 valence electrons. The van der Waals surface area contributed by atoms with Crippen LogP contribution in [0.15, 0.2) is 24.7 Å². The van der Waals surface area contributed by atoms with Gasteiger partial charge in [0.05, 0.1) is 17.7 Å². The molecule has 3 rings (SSSR count). The quantitative estimate of drug-likeness (QED) is 0.856. The van der Waals surface area contributed by atoms with E-state index in [2.05, 4.69) is 25.2 Å². The minimum Gasteiger partial charge on any atom is -0.481 e. The number of methoxy groups -OCH3 is 1. The van der Waals surface area contributed by atoms with Gasteiger partial charge in [-0.2, -0.15) is 0 Å². The van der Waals surface area contributed by atoms with E-state index in [1.807, 2.05) is 12.1 Å². The number of pyridine rings is 1. The Kier molecular flexibility index (Phi) is 4.78. The van der Waals surface area contributed by atoms with Gasteiger partial charge in [0.2, 0.25) is 5.88 Å². The van der Waals surface area contributed by atoms with Crippen LogP contribution in [-0.4, -0.2) is 41.2 Å². The second-order valence-corrected chi connectivity index (χ2v) is 5.78. The van der Waals surface area contributed by atoms with Gasteiger partial charge in [0.25, 0.3) is 0 Å². The lowest BCUT2D eigenvalue weighted by Crippen LogP contribution is -2.32. The Morgan fingerprint density at radius 2 is 2.30 bits per heavy atom. The lowest BCUT2D eigenvalue weighted by Gasteiger charge is -2.19. The summed E-state index contributed by atoms with van der Waals surface area (Å²) in [6.45, 7) is 2.31. The number of hydrogen-bond acceptors (Lipinski definition) is 7. The molecule has 0 radical (unpaired) electrons.